The summed E-state index contributed by atoms with van der Waals surface area (Å²) in [5.41, 5.74) is 7.33. The molecule has 84 valence electrons. The monoisotopic (exact) mass is 288 g/mol. The predicted octanol–water partition coefficient (Wildman–Crippen LogP) is 3.04. The maximum Gasteiger partial charge on any atom is 0.148 e. The van der Waals surface area contributed by atoms with Gasteiger partial charge in [0.2, 0.25) is 0 Å². The molecular weight excluding hydrogens is 280 g/mol. The van der Waals surface area contributed by atoms with Crippen molar-refractivity contribution in [3.8, 4) is 6.07 Å². The van der Waals surface area contributed by atoms with Gasteiger partial charge in [0.25, 0.3) is 0 Å². The number of hydrogen-bond donors (Lipinski definition) is 2. The first-order valence-electron chi connectivity index (χ1n) is 4.87. The molecule has 0 spiro atoms. The number of nitrogens with two attached hydrogens (primary N) is 1. The summed E-state index contributed by atoms with van der Waals surface area (Å²) in [5.74, 6) is 0.504. The van der Waals surface area contributed by atoms with Crippen molar-refractivity contribution in [2.45, 2.75) is 0 Å². The molecule has 17 heavy (non-hydrogen) atoms. The van der Waals surface area contributed by atoms with Gasteiger partial charge in [-0.3, -0.25) is 0 Å². The van der Waals surface area contributed by atoms with E-state index in [1.165, 1.54) is 6.20 Å². The molecule has 0 fully saturated rings. The summed E-state index contributed by atoms with van der Waals surface area (Å²) in [6, 6.07) is 11.2. The van der Waals surface area contributed by atoms with Gasteiger partial charge < -0.3 is 11.1 Å². The second-order valence-electron chi connectivity index (χ2n) is 3.41. The number of nitriles is 1. The smallest absolute Gasteiger partial charge is 0.148 e. The summed E-state index contributed by atoms with van der Waals surface area (Å²) in [5, 5.41) is 12.0. The Kier molecular flexibility index (Phi) is 3.26. The van der Waals surface area contributed by atoms with E-state index in [9.17, 15) is 0 Å². The molecule has 1 aromatic heterocycles. The third-order valence-electron chi connectivity index (χ3n) is 2.14. The fraction of sp³-hybridized carbons (Fsp3) is 0. The van der Waals surface area contributed by atoms with Crippen LogP contribution in [0, 0.1) is 11.3 Å². The summed E-state index contributed by atoms with van der Waals surface area (Å²) < 4.78 is 0.994. The van der Waals surface area contributed by atoms with Crippen LogP contribution in [0.2, 0.25) is 0 Å². The van der Waals surface area contributed by atoms with Crippen molar-refractivity contribution in [1.82, 2.24) is 4.98 Å². The number of nitrogens with zero attached hydrogens (tertiary/aromatic N) is 2. The minimum absolute atomic E-state index is 0.424. The van der Waals surface area contributed by atoms with Gasteiger partial charge in [-0.1, -0.05) is 15.9 Å². The Labute approximate surface area is 107 Å². The number of nitrogens with one attached hydrogen (secondary N) is 1. The Balaban J connectivity index is 2.30. The molecule has 0 amide bonds. The number of nitrogen functional groups attached to an aromatic ring is 1. The van der Waals surface area contributed by atoms with Crippen molar-refractivity contribution in [2.75, 3.05) is 11.1 Å². The zero-order valence-electron chi connectivity index (χ0n) is 8.81. The number of anilines is 3. The van der Waals surface area contributed by atoms with Crippen LogP contribution in [0.25, 0.3) is 0 Å². The lowest BCUT2D eigenvalue weighted by atomic mass is 10.2. The van der Waals surface area contributed by atoms with Crippen LogP contribution in [0.1, 0.15) is 5.56 Å². The zero-order valence-corrected chi connectivity index (χ0v) is 10.4. The highest BCUT2D eigenvalue weighted by atomic mass is 79.9. The summed E-state index contributed by atoms with van der Waals surface area (Å²) in [6.45, 7) is 0. The summed E-state index contributed by atoms with van der Waals surface area (Å²) >= 11 is 3.36. The van der Waals surface area contributed by atoms with Crippen molar-refractivity contribution in [3.05, 3.63) is 46.6 Å². The molecule has 0 radical (unpaired) electrons. The van der Waals surface area contributed by atoms with Crippen LogP contribution in [0.5, 0.6) is 0 Å². The Hall–Kier alpha value is -2.06. The molecule has 0 aliphatic heterocycles. The van der Waals surface area contributed by atoms with Gasteiger partial charge in [0.1, 0.15) is 11.9 Å². The number of rotatable bonds is 2. The molecular formula is C12H9BrN4. The molecule has 0 unspecified atom stereocenters. The van der Waals surface area contributed by atoms with E-state index in [1.54, 1.807) is 6.07 Å². The van der Waals surface area contributed by atoms with E-state index in [1.807, 2.05) is 24.3 Å². The van der Waals surface area contributed by atoms with Crippen molar-refractivity contribution in [1.29, 1.82) is 5.26 Å². The number of hydrogen-bond acceptors (Lipinski definition) is 4. The molecule has 2 aromatic rings. The Morgan fingerprint density at radius 3 is 2.65 bits per heavy atom. The standard InChI is InChI=1S/C12H9BrN4/c13-9-1-3-11(4-2-9)17-12-8(6-14)5-10(15)7-16-12/h1-5,7H,15H2,(H,16,17). The van der Waals surface area contributed by atoms with Gasteiger partial charge in [0.05, 0.1) is 17.4 Å². The average molecular weight is 289 g/mol. The van der Waals surface area contributed by atoms with Crippen LogP contribution < -0.4 is 11.1 Å². The molecule has 0 atom stereocenters. The zero-order chi connectivity index (χ0) is 12.3. The van der Waals surface area contributed by atoms with E-state index in [0.717, 1.165) is 10.2 Å². The van der Waals surface area contributed by atoms with Crippen LogP contribution in [-0.2, 0) is 0 Å². The van der Waals surface area contributed by atoms with Gasteiger partial charge in [0.15, 0.2) is 0 Å². The Morgan fingerprint density at radius 1 is 1.29 bits per heavy atom. The molecule has 0 aliphatic carbocycles. The van der Waals surface area contributed by atoms with Gasteiger partial charge >= 0.3 is 0 Å². The molecule has 2 rings (SSSR count). The lowest BCUT2D eigenvalue weighted by Crippen LogP contribution is -1.98. The quantitative estimate of drug-likeness (QED) is 0.891. The first-order chi connectivity index (χ1) is 8.19. The number of aromatic nitrogens is 1. The fourth-order valence-corrected chi connectivity index (χ4v) is 1.60. The minimum atomic E-state index is 0.424. The van der Waals surface area contributed by atoms with E-state index in [4.69, 9.17) is 11.0 Å². The summed E-state index contributed by atoms with van der Waals surface area (Å²) in [6.07, 6.45) is 1.52. The van der Waals surface area contributed by atoms with Crippen LogP contribution in [0.15, 0.2) is 41.0 Å². The van der Waals surface area contributed by atoms with E-state index >= 15 is 0 Å². The fourth-order valence-electron chi connectivity index (χ4n) is 1.34. The third-order valence-corrected chi connectivity index (χ3v) is 2.66. The second-order valence-corrected chi connectivity index (χ2v) is 4.32. The molecule has 0 saturated heterocycles. The van der Waals surface area contributed by atoms with Gasteiger partial charge in [0, 0.05) is 10.2 Å². The molecule has 3 N–H and O–H groups in total. The predicted molar refractivity (Wildman–Crippen MR) is 70.8 cm³/mol. The number of pyridine rings is 1. The molecule has 4 nitrogen and oxygen atoms in total. The van der Waals surface area contributed by atoms with Gasteiger partial charge in [-0.25, -0.2) is 4.98 Å². The highest BCUT2D eigenvalue weighted by Gasteiger charge is 2.04. The maximum absolute atomic E-state index is 8.97. The highest BCUT2D eigenvalue weighted by Crippen LogP contribution is 2.21. The highest BCUT2D eigenvalue weighted by molar-refractivity contribution is 9.10. The topological polar surface area (TPSA) is 74.7 Å². The molecule has 0 saturated carbocycles. The second kappa shape index (κ2) is 4.85. The molecule has 0 bridgehead atoms. The lowest BCUT2D eigenvalue weighted by molar-refractivity contribution is 1.29. The first-order valence-corrected chi connectivity index (χ1v) is 5.66. The number of benzene rings is 1. The summed E-state index contributed by atoms with van der Waals surface area (Å²) in [4.78, 5) is 4.10. The molecule has 5 heteroatoms. The Morgan fingerprint density at radius 2 is 2.00 bits per heavy atom. The van der Waals surface area contributed by atoms with Crippen LogP contribution >= 0.6 is 15.9 Å². The van der Waals surface area contributed by atoms with Crippen molar-refractivity contribution < 1.29 is 0 Å². The van der Waals surface area contributed by atoms with Crippen LogP contribution in [0.4, 0.5) is 17.2 Å². The lowest BCUT2D eigenvalue weighted by Gasteiger charge is -2.07. The van der Waals surface area contributed by atoms with Crippen molar-refractivity contribution in [2.24, 2.45) is 0 Å². The van der Waals surface area contributed by atoms with E-state index in [0.29, 0.717) is 17.1 Å². The van der Waals surface area contributed by atoms with Gasteiger partial charge in [-0.15, -0.1) is 0 Å². The number of halogens is 1. The first kappa shape index (κ1) is 11.4. The van der Waals surface area contributed by atoms with E-state index in [-0.39, 0.29) is 0 Å². The van der Waals surface area contributed by atoms with E-state index in [2.05, 4.69) is 32.3 Å². The maximum atomic E-state index is 8.97. The molecule has 1 heterocycles. The SMILES string of the molecule is N#Cc1cc(N)cnc1Nc1ccc(Br)cc1. The van der Waals surface area contributed by atoms with Gasteiger partial charge in [-0.2, -0.15) is 5.26 Å². The third kappa shape index (κ3) is 2.74. The van der Waals surface area contributed by atoms with Crippen LogP contribution in [-0.4, -0.2) is 4.98 Å². The molecule has 0 aliphatic rings. The van der Waals surface area contributed by atoms with Crippen molar-refractivity contribution >= 4 is 33.1 Å². The summed E-state index contributed by atoms with van der Waals surface area (Å²) in [7, 11) is 0. The van der Waals surface area contributed by atoms with Crippen LogP contribution in [0.3, 0.4) is 0 Å². The average Bonchev–Trinajstić information content (AvgIpc) is 2.34. The minimum Gasteiger partial charge on any atom is -0.397 e. The Bertz CT molecular complexity index is 572. The van der Waals surface area contributed by atoms with Crippen molar-refractivity contribution in [3.63, 3.8) is 0 Å². The largest absolute Gasteiger partial charge is 0.397 e. The molecule has 1 aromatic carbocycles. The van der Waals surface area contributed by atoms with Gasteiger partial charge in [-0.05, 0) is 30.3 Å². The van der Waals surface area contributed by atoms with E-state index < -0.39 is 0 Å². The normalized spacial score (nSPS) is 9.65.